The number of aryl methyl sites for hydroxylation is 1. The minimum atomic E-state index is -0.760. The van der Waals surface area contributed by atoms with Crippen molar-refractivity contribution in [3.8, 4) is 6.07 Å². The van der Waals surface area contributed by atoms with Gasteiger partial charge in [0.2, 0.25) is 0 Å². The van der Waals surface area contributed by atoms with Crippen LogP contribution in [0, 0.1) is 23.2 Å². The summed E-state index contributed by atoms with van der Waals surface area (Å²) in [4.78, 5) is 12.8. The fraction of sp³-hybridized carbons (Fsp3) is 0.625. The largest absolute Gasteiger partial charge is 0.462 e. The van der Waals surface area contributed by atoms with E-state index in [-0.39, 0.29) is 18.0 Å². The fourth-order valence-electron chi connectivity index (χ4n) is 5.79. The molecule has 2 saturated carbocycles. The second-order valence-electron chi connectivity index (χ2n) is 10.8. The summed E-state index contributed by atoms with van der Waals surface area (Å²) < 4.78 is 18.7. The first-order chi connectivity index (χ1) is 17.6. The lowest BCUT2D eigenvalue weighted by Crippen LogP contribution is -2.29. The molecule has 4 heteroatoms. The number of hydrogen-bond donors (Lipinski definition) is 0. The minimum Gasteiger partial charge on any atom is -0.462 e. The number of unbranched alkanes of at least 4 members (excludes halogenated alkanes) is 3. The Kier molecular flexibility index (Phi) is 12.2. The van der Waals surface area contributed by atoms with Crippen LogP contribution >= 0.6 is 0 Å². The first kappa shape index (κ1) is 28.2. The van der Waals surface area contributed by atoms with E-state index in [1.54, 1.807) is 6.08 Å². The van der Waals surface area contributed by atoms with Gasteiger partial charge >= 0.3 is 5.97 Å². The molecule has 0 aliphatic heterocycles. The second-order valence-corrected chi connectivity index (χ2v) is 10.8. The van der Waals surface area contributed by atoms with Crippen molar-refractivity contribution >= 4 is 5.97 Å². The number of allylic oxidation sites excluding steroid dienone is 4. The fourth-order valence-corrected chi connectivity index (χ4v) is 5.79. The SMILES string of the molecule is CCCCCCc1ccc(C2CCC(C(=O)OC3CCC(CCC=CC=C(F)C#N)CC3)CC2)cc1. The van der Waals surface area contributed by atoms with Gasteiger partial charge in [0.25, 0.3) is 0 Å². The number of carbonyl (C=O) groups excluding carboxylic acids is 1. The maximum absolute atomic E-state index is 12.8. The maximum Gasteiger partial charge on any atom is 0.309 e. The number of ether oxygens (including phenoxy) is 1. The predicted molar refractivity (Wildman–Crippen MR) is 144 cm³/mol. The summed E-state index contributed by atoms with van der Waals surface area (Å²) in [5.74, 6) is 0.522. The zero-order valence-corrected chi connectivity index (χ0v) is 22.1. The topological polar surface area (TPSA) is 50.1 Å². The van der Waals surface area contributed by atoms with Crippen molar-refractivity contribution in [2.24, 2.45) is 11.8 Å². The van der Waals surface area contributed by atoms with Crippen molar-refractivity contribution < 1.29 is 13.9 Å². The van der Waals surface area contributed by atoms with Crippen LogP contribution in [0.3, 0.4) is 0 Å². The Morgan fingerprint density at radius 2 is 1.75 bits per heavy atom. The highest BCUT2D eigenvalue weighted by Gasteiger charge is 2.31. The molecule has 3 rings (SSSR count). The Morgan fingerprint density at radius 3 is 2.42 bits per heavy atom. The zero-order valence-electron chi connectivity index (χ0n) is 22.1. The van der Waals surface area contributed by atoms with Crippen LogP contribution < -0.4 is 0 Å². The van der Waals surface area contributed by atoms with Gasteiger partial charge in [0.05, 0.1) is 5.92 Å². The molecule has 2 aliphatic rings. The smallest absolute Gasteiger partial charge is 0.309 e. The standard InChI is InChI=1S/C32H44FNO2/c1-2-3-4-6-9-25-12-16-27(17-13-25)28-18-20-29(21-19-28)32(35)36-31-22-14-26(15-23-31)10-7-5-8-11-30(33)24-34/h5,8,11-13,16-17,26,28-29,31H,2-4,6-7,9-10,14-15,18-23H2,1H3. The molecule has 0 N–H and O–H groups in total. The van der Waals surface area contributed by atoms with Gasteiger partial charge in [-0.2, -0.15) is 9.65 Å². The molecular formula is C32H44FNO2. The molecule has 0 heterocycles. The summed E-state index contributed by atoms with van der Waals surface area (Å²) in [6.07, 6.45) is 21.2. The van der Waals surface area contributed by atoms with E-state index < -0.39 is 5.83 Å². The molecule has 0 spiro atoms. The van der Waals surface area contributed by atoms with E-state index in [0.29, 0.717) is 11.8 Å². The lowest BCUT2D eigenvalue weighted by molar-refractivity contribution is -0.157. The Morgan fingerprint density at radius 1 is 1.03 bits per heavy atom. The van der Waals surface area contributed by atoms with Gasteiger partial charge in [0.15, 0.2) is 5.83 Å². The molecule has 1 aromatic rings. The number of hydrogen-bond acceptors (Lipinski definition) is 3. The van der Waals surface area contributed by atoms with Gasteiger partial charge in [-0.15, -0.1) is 0 Å². The van der Waals surface area contributed by atoms with Crippen LogP contribution in [-0.2, 0) is 16.0 Å². The van der Waals surface area contributed by atoms with Crippen LogP contribution in [0.4, 0.5) is 4.39 Å². The number of rotatable bonds is 12. The van der Waals surface area contributed by atoms with Crippen LogP contribution in [-0.4, -0.2) is 12.1 Å². The van der Waals surface area contributed by atoms with E-state index in [0.717, 1.165) is 64.2 Å². The number of esters is 1. The molecule has 2 fully saturated rings. The Bertz CT molecular complexity index is 882. The first-order valence-electron chi connectivity index (χ1n) is 14.3. The molecule has 3 nitrogen and oxygen atoms in total. The summed E-state index contributed by atoms with van der Waals surface area (Å²) in [5.41, 5.74) is 2.87. The first-order valence-corrected chi connectivity index (χ1v) is 14.3. The van der Waals surface area contributed by atoms with E-state index in [1.165, 1.54) is 55.4 Å². The van der Waals surface area contributed by atoms with Crippen LogP contribution in [0.2, 0.25) is 0 Å². The predicted octanol–water partition coefficient (Wildman–Crippen LogP) is 8.90. The highest BCUT2D eigenvalue weighted by molar-refractivity contribution is 5.72. The van der Waals surface area contributed by atoms with Crippen molar-refractivity contribution in [1.29, 1.82) is 5.26 Å². The zero-order chi connectivity index (χ0) is 25.6. The molecular weight excluding hydrogens is 449 g/mol. The number of carbonyl (C=O) groups is 1. The summed E-state index contributed by atoms with van der Waals surface area (Å²) in [6, 6.07) is 10.7. The molecule has 0 atom stereocenters. The quantitative estimate of drug-likeness (QED) is 0.126. The third-order valence-corrected chi connectivity index (χ3v) is 8.13. The highest BCUT2D eigenvalue weighted by atomic mass is 19.1. The van der Waals surface area contributed by atoms with Crippen molar-refractivity contribution in [3.05, 3.63) is 59.4 Å². The van der Waals surface area contributed by atoms with Gasteiger partial charge in [0.1, 0.15) is 12.2 Å². The normalized spacial score (nSPS) is 25.0. The number of nitriles is 1. The molecule has 36 heavy (non-hydrogen) atoms. The van der Waals surface area contributed by atoms with E-state index in [4.69, 9.17) is 10.00 Å². The summed E-state index contributed by atoms with van der Waals surface area (Å²) in [5, 5.41) is 8.40. The molecule has 196 valence electrons. The Labute approximate surface area is 217 Å². The van der Waals surface area contributed by atoms with Crippen molar-refractivity contribution in [3.63, 3.8) is 0 Å². The molecule has 0 unspecified atom stereocenters. The van der Waals surface area contributed by atoms with E-state index in [1.807, 2.05) is 6.08 Å². The molecule has 0 saturated heterocycles. The molecule has 2 aliphatic carbocycles. The maximum atomic E-state index is 12.8. The molecule has 1 aromatic carbocycles. The van der Waals surface area contributed by atoms with Gasteiger partial charge in [-0.1, -0.05) is 62.6 Å². The van der Waals surface area contributed by atoms with E-state index in [2.05, 4.69) is 31.2 Å². The Balaban J connectivity index is 1.31. The highest BCUT2D eigenvalue weighted by Crippen LogP contribution is 2.37. The van der Waals surface area contributed by atoms with Crippen LogP contribution in [0.1, 0.15) is 114 Å². The monoisotopic (exact) mass is 493 g/mol. The second kappa shape index (κ2) is 15.6. The lowest BCUT2D eigenvalue weighted by atomic mass is 9.78. The number of nitrogens with zero attached hydrogens (tertiary/aromatic N) is 1. The molecule has 0 bridgehead atoms. The summed E-state index contributed by atoms with van der Waals surface area (Å²) in [6.45, 7) is 2.25. The lowest BCUT2D eigenvalue weighted by Gasteiger charge is -2.31. The molecule has 0 radical (unpaired) electrons. The van der Waals surface area contributed by atoms with Crippen LogP contribution in [0.5, 0.6) is 0 Å². The average molecular weight is 494 g/mol. The average Bonchev–Trinajstić information content (AvgIpc) is 2.92. The molecule has 0 amide bonds. The number of benzene rings is 1. The van der Waals surface area contributed by atoms with E-state index >= 15 is 0 Å². The minimum absolute atomic E-state index is 0.0218. The third kappa shape index (κ3) is 9.57. The van der Waals surface area contributed by atoms with Crippen molar-refractivity contribution in [1.82, 2.24) is 0 Å². The molecule has 0 aromatic heterocycles. The van der Waals surface area contributed by atoms with Gasteiger partial charge in [-0.3, -0.25) is 4.79 Å². The van der Waals surface area contributed by atoms with Gasteiger partial charge in [-0.05, 0) is 106 Å². The Hall–Kier alpha value is -2.41. The van der Waals surface area contributed by atoms with E-state index in [9.17, 15) is 9.18 Å². The van der Waals surface area contributed by atoms with Gasteiger partial charge < -0.3 is 4.74 Å². The van der Waals surface area contributed by atoms with Crippen molar-refractivity contribution in [2.75, 3.05) is 0 Å². The van der Waals surface area contributed by atoms with Crippen LogP contribution in [0.25, 0.3) is 0 Å². The summed E-state index contributed by atoms with van der Waals surface area (Å²) >= 11 is 0. The van der Waals surface area contributed by atoms with Gasteiger partial charge in [-0.25, -0.2) is 0 Å². The number of halogens is 1. The van der Waals surface area contributed by atoms with Crippen LogP contribution in [0.15, 0.2) is 48.3 Å². The van der Waals surface area contributed by atoms with Crippen molar-refractivity contribution in [2.45, 2.75) is 115 Å². The third-order valence-electron chi connectivity index (χ3n) is 8.13. The summed E-state index contributed by atoms with van der Waals surface area (Å²) in [7, 11) is 0. The van der Waals surface area contributed by atoms with Gasteiger partial charge in [0, 0.05) is 0 Å².